The fourth-order valence-electron chi connectivity index (χ4n) is 2.35. The summed E-state index contributed by atoms with van der Waals surface area (Å²) in [6, 6.07) is 7.62. The minimum Gasteiger partial charge on any atom is -0.481 e. The Kier molecular flexibility index (Phi) is 1.63. The van der Waals surface area contributed by atoms with E-state index in [0.29, 0.717) is 6.42 Å². The quantitative estimate of drug-likeness (QED) is 0.773. The van der Waals surface area contributed by atoms with Crippen LogP contribution in [0.1, 0.15) is 23.7 Å². The Morgan fingerprint density at radius 1 is 1.40 bits per heavy atom. The van der Waals surface area contributed by atoms with Crippen molar-refractivity contribution in [2.75, 3.05) is 0 Å². The number of carboxylic acids is 1. The number of carboxylic acid groups (broad SMARTS) is 1. The minimum atomic E-state index is -0.750. The molecule has 2 aromatic rings. The van der Waals surface area contributed by atoms with Crippen molar-refractivity contribution in [3.63, 3.8) is 0 Å². The van der Waals surface area contributed by atoms with E-state index in [-0.39, 0.29) is 5.92 Å². The van der Waals surface area contributed by atoms with Crippen LogP contribution >= 0.6 is 0 Å². The van der Waals surface area contributed by atoms with Gasteiger partial charge in [-0.2, -0.15) is 0 Å². The number of hydrogen-bond donors (Lipinski definition) is 1. The van der Waals surface area contributed by atoms with E-state index in [1.165, 1.54) is 0 Å². The molecule has 1 atom stereocenters. The molecule has 0 bridgehead atoms. The highest BCUT2D eigenvalue weighted by Gasteiger charge is 2.33. The summed E-state index contributed by atoms with van der Waals surface area (Å²) in [7, 11) is 0. The molecule has 0 fully saturated rings. The first-order valence-electron chi connectivity index (χ1n) is 5.00. The van der Waals surface area contributed by atoms with E-state index >= 15 is 0 Å². The molecule has 3 heteroatoms. The zero-order valence-electron chi connectivity index (χ0n) is 8.06. The number of fused-ring (bicyclic) bond motifs is 3. The molecule has 1 heterocycles. The van der Waals surface area contributed by atoms with E-state index in [4.69, 9.17) is 9.52 Å². The highest BCUT2D eigenvalue weighted by molar-refractivity contribution is 5.90. The number of carbonyl (C=O) groups is 1. The highest BCUT2D eigenvalue weighted by Crippen LogP contribution is 2.40. The van der Waals surface area contributed by atoms with Crippen LogP contribution in [0.25, 0.3) is 11.0 Å². The zero-order valence-corrected chi connectivity index (χ0v) is 8.06. The Labute approximate surface area is 86.3 Å². The predicted octanol–water partition coefficient (Wildman–Crippen LogP) is 2.55. The van der Waals surface area contributed by atoms with Gasteiger partial charge in [0.05, 0.1) is 5.92 Å². The fraction of sp³-hybridized carbons (Fsp3) is 0.250. The number of aryl methyl sites for hydroxylation is 1. The van der Waals surface area contributed by atoms with Crippen LogP contribution < -0.4 is 0 Å². The number of aliphatic carboxylic acids is 1. The first-order valence-corrected chi connectivity index (χ1v) is 5.00. The Hall–Kier alpha value is -1.77. The molecular weight excluding hydrogens is 192 g/mol. The molecule has 1 aliphatic carbocycles. The molecule has 0 amide bonds. The molecule has 0 saturated heterocycles. The fourth-order valence-corrected chi connectivity index (χ4v) is 2.35. The van der Waals surface area contributed by atoms with Crippen molar-refractivity contribution in [2.24, 2.45) is 0 Å². The standard InChI is InChI=1S/C12H10O3/c13-12(14)8-5-6-10-11(8)7-3-1-2-4-9(7)15-10/h1-4,8H,5-6H2,(H,13,14). The molecule has 15 heavy (non-hydrogen) atoms. The number of rotatable bonds is 1. The largest absolute Gasteiger partial charge is 0.481 e. The van der Waals surface area contributed by atoms with E-state index in [0.717, 1.165) is 28.7 Å². The Bertz CT molecular complexity index is 539. The van der Waals surface area contributed by atoms with Gasteiger partial charge in [0.1, 0.15) is 11.3 Å². The first kappa shape index (κ1) is 8.53. The summed E-state index contributed by atoms with van der Waals surface area (Å²) in [5.41, 5.74) is 1.69. The van der Waals surface area contributed by atoms with Gasteiger partial charge in [0, 0.05) is 17.4 Å². The van der Waals surface area contributed by atoms with Gasteiger partial charge in [0.15, 0.2) is 0 Å². The summed E-state index contributed by atoms with van der Waals surface area (Å²) >= 11 is 0. The van der Waals surface area contributed by atoms with Crippen LogP contribution in [0.2, 0.25) is 0 Å². The van der Waals surface area contributed by atoms with E-state index < -0.39 is 5.97 Å². The Morgan fingerprint density at radius 3 is 3.00 bits per heavy atom. The van der Waals surface area contributed by atoms with Crippen LogP contribution in [-0.2, 0) is 11.2 Å². The molecule has 3 rings (SSSR count). The molecule has 0 aliphatic heterocycles. The number of furan rings is 1. The molecule has 0 saturated carbocycles. The second-order valence-corrected chi connectivity index (χ2v) is 3.86. The van der Waals surface area contributed by atoms with Gasteiger partial charge >= 0.3 is 5.97 Å². The third-order valence-corrected chi connectivity index (χ3v) is 3.02. The molecule has 0 spiro atoms. The molecule has 1 N–H and O–H groups in total. The maximum absolute atomic E-state index is 11.1. The molecule has 1 aliphatic rings. The lowest BCUT2D eigenvalue weighted by atomic mass is 10.0. The molecule has 1 aromatic heterocycles. The Balaban J connectivity index is 2.29. The summed E-state index contributed by atoms with van der Waals surface area (Å²) < 4.78 is 5.63. The van der Waals surface area contributed by atoms with Gasteiger partial charge < -0.3 is 9.52 Å². The smallest absolute Gasteiger partial charge is 0.311 e. The zero-order chi connectivity index (χ0) is 10.4. The SMILES string of the molecule is O=C(O)C1CCc2oc3ccccc3c21. The average Bonchev–Trinajstić information content (AvgIpc) is 2.74. The van der Waals surface area contributed by atoms with E-state index in [9.17, 15) is 4.79 Å². The van der Waals surface area contributed by atoms with Gasteiger partial charge in [-0.1, -0.05) is 18.2 Å². The normalized spacial score (nSPS) is 19.3. The highest BCUT2D eigenvalue weighted by atomic mass is 16.4. The van der Waals surface area contributed by atoms with Crippen LogP contribution in [0.5, 0.6) is 0 Å². The average molecular weight is 202 g/mol. The third kappa shape index (κ3) is 1.09. The minimum absolute atomic E-state index is 0.386. The van der Waals surface area contributed by atoms with Crippen molar-refractivity contribution < 1.29 is 14.3 Å². The lowest BCUT2D eigenvalue weighted by Gasteiger charge is -2.02. The molecule has 76 valence electrons. The van der Waals surface area contributed by atoms with E-state index in [1.54, 1.807) is 0 Å². The summed E-state index contributed by atoms with van der Waals surface area (Å²) in [4.78, 5) is 11.1. The van der Waals surface area contributed by atoms with Crippen molar-refractivity contribution in [2.45, 2.75) is 18.8 Å². The molecule has 3 nitrogen and oxygen atoms in total. The first-order chi connectivity index (χ1) is 7.27. The van der Waals surface area contributed by atoms with Gasteiger partial charge in [-0.15, -0.1) is 0 Å². The van der Waals surface area contributed by atoms with Gasteiger partial charge in [-0.3, -0.25) is 4.79 Å². The summed E-state index contributed by atoms with van der Waals surface area (Å²) in [6.45, 7) is 0. The summed E-state index contributed by atoms with van der Waals surface area (Å²) in [6.07, 6.45) is 1.40. The van der Waals surface area contributed by atoms with Gasteiger partial charge in [-0.25, -0.2) is 0 Å². The van der Waals surface area contributed by atoms with Crippen LogP contribution in [-0.4, -0.2) is 11.1 Å². The van der Waals surface area contributed by atoms with Crippen molar-refractivity contribution >= 4 is 16.9 Å². The van der Waals surface area contributed by atoms with Gasteiger partial charge in [0.2, 0.25) is 0 Å². The third-order valence-electron chi connectivity index (χ3n) is 3.02. The maximum atomic E-state index is 11.1. The van der Waals surface area contributed by atoms with Crippen LogP contribution in [0.4, 0.5) is 0 Å². The van der Waals surface area contributed by atoms with Gasteiger partial charge in [-0.05, 0) is 12.5 Å². The maximum Gasteiger partial charge on any atom is 0.311 e. The van der Waals surface area contributed by atoms with Crippen LogP contribution in [0.3, 0.4) is 0 Å². The van der Waals surface area contributed by atoms with Crippen LogP contribution in [0, 0.1) is 0 Å². The van der Waals surface area contributed by atoms with Gasteiger partial charge in [0.25, 0.3) is 0 Å². The number of para-hydroxylation sites is 1. The van der Waals surface area contributed by atoms with Crippen molar-refractivity contribution in [3.05, 3.63) is 35.6 Å². The lowest BCUT2D eigenvalue weighted by molar-refractivity contribution is -0.138. The monoisotopic (exact) mass is 202 g/mol. The molecular formula is C12H10O3. The van der Waals surface area contributed by atoms with E-state index in [2.05, 4.69) is 0 Å². The molecule has 1 aromatic carbocycles. The summed E-state index contributed by atoms with van der Waals surface area (Å²) in [5.74, 6) is -0.285. The lowest BCUT2D eigenvalue weighted by Crippen LogP contribution is -2.07. The van der Waals surface area contributed by atoms with Crippen LogP contribution in [0.15, 0.2) is 28.7 Å². The number of hydrogen-bond acceptors (Lipinski definition) is 2. The number of benzene rings is 1. The molecule has 0 radical (unpaired) electrons. The Morgan fingerprint density at radius 2 is 2.20 bits per heavy atom. The molecule has 1 unspecified atom stereocenters. The second kappa shape index (κ2) is 2.86. The van der Waals surface area contributed by atoms with Crippen molar-refractivity contribution in [3.8, 4) is 0 Å². The predicted molar refractivity (Wildman–Crippen MR) is 54.9 cm³/mol. The van der Waals surface area contributed by atoms with E-state index in [1.807, 2.05) is 24.3 Å². The topological polar surface area (TPSA) is 50.4 Å². The van der Waals surface area contributed by atoms with Crippen molar-refractivity contribution in [1.29, 1.82) is 0 Å². The second-order valence-electron chi connectivity index (χ2n) is 3.86. The summed E-state index contributed by atoms with van der Waals surface area (Å²) in [5, 5.41) is 10.1. The van der Waals surface area contributed by atoms with Crippen molar-refractivity contribution in [1.82, 2.24) is 0 Å².